The van der Waals surface area contributed by atoms with Crippen LogP contribution in [0.2, 0.25) is 0 Å². The lowest BCUT2D eigenvalue weighted by molar-refractivity contribution is 0.101. The number of anilines is 1. The maximum absolute atomic E-state index is 12.2. The van der Waals surface area contributed by atoms with Gasteiger partial charge in [-0.1, -0.05) is 0 Å². The highest BCUT2D eigenvalue weighted by Crippen LogP contribution is 2.33. The van der Waals surface area contributed by atoms with E-state index in [0.717, 1.165) is 24.9 Å². The number of carbonyl (C=O) groups excluding carboxylic acids is 1. The Morgan fingerprint density at radius 2 is 2.17 bits per heavy atom. The monoisotopic (exact) mass is 347 g/mol. The number of nitrogens with zero attached hydrogens (tertiary/aromatic N) is 2. The van der Waals surface area contributed by atoms with Crippen LogP contribution in [0.1, 0.15) is 41.6 Å². The van der Waals surface area contributed by atoms with E-state index in [9.17, 15) is 13.2 Å². The highest BCUT2D eigenvalue weighted by molar-refractivity contribution is 7.90. The van der Waals surface area contributed by atoms with Gasteiger partial charge in [0.1, 0.15) is 0 Å². The summed E-state index contributed by atoms with van der Waals surface area (Å²) in [7, 11) is -3.37. The summed E-state index contributed by atoms with van der Waals surface area (Å²) < 4.78 is 24.3. The molecule has 1 atom stereocenters. The molecule has 0 aliphatic carbocycles. The minimum Gasteiger partial charge on any atom is -0.370 e. The van der Waals surface area contributed by atoms with Gasteiger partial charge in [0.05, 0.1) is 16.8 Å². The first-order chi connectivity index (χ1) is 11.4. The Bertz CT molecular complexity index is 844. The summed E-state index contributed by atoms with van der Waals surface area (Å²) in [6, 6.07) is 4.83. The number of sulfone groups is 1. The second-order valence-electron chi connectivity index (χ2n) is 6.33. The second-order valence-corrected chi connectivity index (χ2v) is 8.31. The molecule has 0 bridgehead atoms. The van der Waals surface area contributed by atoms with E-state index >= 15 is 0 Å². The van der Waals surface area contributed by atoms with Gasteiger partial charge in [-0.25, -0.2) is 8.42 Å². The Hall–Kier alpha value is -2.15. The van der Waals surface area contributed by atoms with Gasteiger partial charge in [0.15, 0.2) is 15.6 Å². The van der Waals surface area contributed by atoms with E-state index in [1.165, 1.54) is 13.2 Å². The lowest BCUT2D eigenvalue weighted by Crippen LogP contribution is -2.35. The lowest BCUT2D eigenvalue weighted by atomic mass is 9.92. The SMILES string of the molecule is CC(=O)c1ccc(S(C)(=O)=O)c(N2CCCC(c3cn[nH]c3)C2)c1. The number of nitrogens with one attached hydrogen (secondary N) is 1. The van der Waals surface area contributed by atoms with Crippen LogP contribution < -0.4 is 4.90 Å². The molecule has 128 valence electrons. The van der Waals surface area contributed by atoms with Crippen LogP contribution in [0.15, 0.2) is 35.5 Å². The van der Waals surface area contributed by atoms with E-state index in [-0.39, 0.29) is 10.7 Å². The molecule has 1 aliphatic rings. The molecule has 0 saturated carbocycles. The van der Waals surface area contributed by atoms with Crippen molar-refractivity contribution >= 4 is 21.3 Å². The molecule has 3 rings (SSSR count). The Kier molecular flexibility index (Phi) is 4.45. The molecule has 24 heavy (non-hydrogen) atoms. The fourth-order valence-corrected chi connectivity index (χ4v) is 4.13. The number of piperidine rings is 1. The van der Waals surface area contributed by atoms with Crippen LogP contribution in [-0.2, 0) is 9.84 Å². The number of H-pyrrole nitrogens is 1. The summed E-state index contributed by atoms with van der Waals surface area (Å²) in [5.74, 6) is 0.227. The second kappa shape index (κ2) is 6.39. The van der Waals surface area contributed by atoms with E-state index in [1.807, 2.05) is 12.4 Å². The Morgan fingerprint density at radius 3 is 2.79 bits per heavy atom. The van der Waals surface area contributed by atoms with Crippen molar-refractivity contribution in [2.75, 3.05) is 24.2 Å². The number of aromatic amines is 1. The first kappa shape index (κ1) is 16.7. The smallest absolute Gasteiger partial charge is 0.177 e. The molecule has 1 aromatic heterocycles. The third-order valence-corrected chi connectivity index (χ3v) is 5.66. The van der Waals surface area contributed by atoms with Gasteiger partial charge in [-0.15, -0.1) is 0 Å². The fourth-order valence-electron chi connectivity index (χ4n) is 3.25. The number of Topliss-reactive ketones (excluding diaryl/α,β-unsaturated/α-hetero) is 1. The zero-order valence-corrected chi connectivity index (χ0v) is 14.6. The minimum atomic E-state index is -3.37. The maximum Gasteiger partial charge on any atom is 0.177 e. The van der Waals surface area contributed by atoms with Crippen molar-refractivity contribution in [1.29, 1.82) is 0 Å². The van der Waals surface area contributed by atoms with Gasteiger partial charge >= 0.3 is 0 Å². The average Bonchev–Trinajstić information content (AvgIpc) is 3.08. The number of aromatic nitrogens is 2. The number of rotatable bonds is 4. The van der Waals surface area contributed by atoms with Crippen LogP contribution >= 0.6 is 0 Å². The molecule has 0 spiro atoms. The van der Waals surface area contributed by atoms with Crippen molar-refractivity contribution in [1.82, 2.24) is 10.2 Å². The van der Waals surface area contributed by atoms with E-state index < -0.39 is 9.84 Å². The van der Waals surface area contributed by atoms with Crippen LogP contribution in [0.4, 0.5) is 5.69 Å². The first-order valence-electron chi connectivity index (χ1n) is 7.95. The van der Waals surface area contributed by atoms with Crippen molar-refractivity contribution < 1.29 is 13.2 Å². The summed E-state index contributed by atoms with van der Waals surface area (Å²) in [5, 5.41) is 6.84. The third kappa shape index (κ3) is 3.36. The van der Waals surface area contributed by atoms with Crippen molar-refractivity contribution in [3.63, 3.8) is 0 Å². The highest BCUT2D eigenvalue weighted by Gasteiger charge is 2.26. The normalized spacial score (nSPS) is 18.6. The van der Waals surface area contributed by atoms with E-state index in [1.54, 1.807) is 18.2 Å². The minimum absolute atomic E-state index is 0.0697. The largest absolute Gasteiger partial charge is 0.370 e. The predicted octanol–water partition coefficient (Wildman–Crippen LogP) is 2.40. The molecular formula is C17H21N3O3S. The number of hydrogen-bond donors (Lipinski definition) is 1. The van der Waals surface area contributed by atoms with E-state index in [4.69, 9.17) is 0 Å². The van der Waals surface area contributed by atoms with Gasteiger partial charge < -0.3 is 4.90 Å². The fraction of sp³-hybridized carbons (Fsp3) is 0.412. The molecule has 1 fully saturated rings. The number of carbonyl (C=O) groups is 1. The zero-order valence-electron chi connectivity index (χ0n) is 13.8. The van der Waals surface area contributed by atoms with Gasteiger partial charge in [-0.05, 0) is 43.5 Å². The third-order valence-electron chi connectivity index (χ3n) is 4.52. The molecule has 2 aromatic rings. The van der Waals surface area contributed by atoms with Gasteiger partial charge in [-0.2, -0.15) is 5.10 Å². The molecule has 1 N–H and O–H groups in total. The molecule has 6 nitrogen and oxygen atoms in total. The molecule has 7 heteroatoms. The van der Waals surface area contributed by atoms with Crippen molar-refractivity contribution in [2.45, 2.75) is 30.6 Å². The van der Waals surface area contributed by atoms with E-state index in [0.29, 0.717) is 23.7 Å². The van der Waals surface area contributed by atoms with Gasteiger partial charge in [0.2, 0.25) is 0 Å². The molecule has 0 radical (unpaired) electrons. The quantitative estimate of drug-likeness (QED) is 0.859. The number of benzene rings is 1. The van der Waals surface area contributed by atoms with Crippen molar-refractivity contribution in [3.05, 3.63) is 41.7 Å². The van der Waals surface area contributed by atoms with Crippen molar-refractivity contribution in [2.24, 2.45) is 0 Å². The Morgan fingerprint density at radius 1 is 1.38 bits per heavy atom. The summed E-state index contributed by atoms with van der Waals surface area (Å²) in [5.41, 5.74) is 2.28. The molecule has 1 aliphatic heterocycles. The Labute approximate surface area is 141 Å². The zero-order chi connectivity index (χ0) is 17.3. The van der Waals surface area contributed by atoms with Gasteiger partial charge in [-0.3, -0.25) is 9.89 Å². The van der Waals surface area contributed by atoms with Gasteiger partial charge in [0.25, 0.3) is 0 Å². The molecule has 1 unspecified atom stereocenters. The standard InChI is InChI=1S/C17H21N3O3S/c1-12(21)13-5-6-17(24(2,22)23)16(8-13)20-7-3-4-14(11-20)15-9-18-19-10-15/h5-6,8-10,14H,3-4,7,11H2,1-2H3,(H,18,19). The summed E-state index contributed by atoms with van der Waals surface area (Å²) in [4.78, 5) is 14.1. The van der Waals surface area contributed by atoms with E-state index in [2.05, 4.69) is 15.1 Å². The van der Waals surface area contributed by atoms with Crippen molar-refractivity contribution in [3.8, 4) is 0 Å². The average molecular weight is 347 g/mol. The highest BCUT2D eigenvalue weighted by atomic mass is 32.2. The van der Waals surface area contributed by atoms with Crippen LogP contribution in [0.25, 0.3) is 0 Å². The molecular weight excluding hydrogens is 326 g/mol. The summed E-state index contributed by atoms with van der Waals surface area (Å²) >= 11 is 0. The molecule has 2 heterocycles. The van der Waals surface area contributed by atoms with Crippen LogP contribution in [0.3, 0.4) is 0 Å². The van der Waals surface area contributed by atoms with Crippen LogP contribution in [0.5, 0.6) is 0 Å². The number of ketones is 1. The topological polar surface area (TPSA) is 83.1 Å². The lowest BCUT2D eigenvalue weighted by Gasteiger charge is -2.35. The molecule has 0 amide bonds. The van der Waals surface area contributed by atoms with Gasteiger partial charge in [0, 0.05) is 37.0 Å². The van der Waals surface area contributed by atoms with Crippen LogP contribution in [-0.4, -0.2) is 43.7 Å². The number of hydrogen-bond acceptors (Lipinski definition) is 5. The maximum atomic E-state index is 12.2. The first-order valence-corrected chi connectivity index (χ1v) is 9.84. The molecule has 1 saturated heterocycles. The predicted molar refractivity (Wildman–Crippen MR) is 92.3 cm³/mol. The molecule has 1 aromatic carbocycles. The summed E-state index contributed by atoms with van der Waals surface area (Å²) in [6.45, 7) is 2.98. The Balaban J connectivity index is 2.00. The van der Waals surface area contributed by atoms with Crippen LogP contribution in [0, 0.1) is 0 Å². The summed E-state index contributed by atoms with van der Waals surface area (Å²) in [6.07, 6.45) is 6.91.